The molecular formula is C17H18N2O. The van der Waals surface area contributed by atoms with Crippen molar-refractivity contribution in [3.05, 3.63) is 47.2 Å². The molecular weight excluding hydrogens is 248 g/mol. The van der Waals surface area contributed by atoms with E-state index in [1.807, 2.05) is 6.08 Å². The lowest BCUT2D eigenvalue weighted by Gasteiger charge is -2.27. The zero-order chi connectivity index (χ0) is 13.5. The first-order valence-electron chi connectivity index (χ1n) is 7.32. The highest BCUT2D eigenvalue weighted by Gasteiger charge is 2.28. The maximum Gasteiger partial charge on any atom is 0.119 e. The molecule has 1 unspecified atom stereocenters. The summed E-state index contributed by atoms with van der Waals surface area (Å²) >= 11 is 0. The molecule has 0 saturated heterocycles. The predicted molar refractivity (Wildman–Crippen MR) is 80.4 cm³/mol. The molecule has 3 heteroatoms. The minimum Gasteiger partial charge on any atom is -0.367 e. The van der Waals surface area contributed by atoms with Gasteiger partial charge >= 0.3 is 0 Å². The van der Waals surface area contributed by atoms with Crippen LogP contribution in [-0.2, 0) is 11.2 Å². The number of allylic oxidation sites excluding steroid dienone is 1. The Morgan fingerprint density at radius 2 is 2.05 bits per heavy atom. The van der Waals surface area contributed by atoms with Gasteiger partial charge in [-0.1, -0.05) is 18.2 Å². The van der Waals surface area contributed by atoms with Crippen molar-refractivity contribution in [1.82, 2.24) is 4.98 Å². The Balaban J connectivity index is 1.84. The van der Waals surface area contributed by atoms with Crippen LogP contribution in [0.4, 0.5) is 0 Å². The van der Waals surface area contributed by atoms with Crippen molar-refractivity contribution >= 4 is 16.6 Å². The largest absolute Gasteiger partial charge is 0.367 e. The van der Waals surface area contributed by atoms with E-state index in [4.69, 9.17) is 10.1 Å². The first-order valence-corrected chi connectivity index (χ1v) is 7.32. The van der Waals surface area contributed by atoms with Gasteiger partial charge in [0.25, 0.3) is 0 Å². The van der Waals surface area contributed by atoms with Crippen molar-refractivity contribution in [1.29, 1.82) is 5.41 Å². The number of rotatable bonds is 1. The third kappa shape index (κ3) is 1.81. The molecule has 1 aliphatic heterocycles. The van der Waals surface area contributed by atoms with Gasteiger partial charge in [0.05, 0.1) is 12.3 Å². The fraction of sp³-hybridized carbons (Fsp3) is 0.353. The second-order valence-corrected chi connectivity index (χ2v) is 5.66. The van der Waals surface area contributed by atoms with E-state index >= 15 is 0 Å². The summed E-state index contributed by atoms with van der Waals surface area (Å²) in [5, 5.41) is 9.21. The third-order valence-electron chi connectivity index (χ3n) is 4.35. The minimum atomic E-state index is 0.0202. The smallest absolute Gasteiger partial charge is 0.119 e. The molecule has 1 aromatic heterocycles. The predicted octanol–water partition coefficient (Wildman–Crippen LogP) is 3.91. The van der Waals surface area contributed by atoms with E-state index in [1.165, 1.54) is 27.7 Å². The molecule has 2 aromatic rings. The van der Waals surface area contributed by atoms with Crippen LogP contribution in [0.5, 0.6) is 0 Å². The first-order chi connectivity index (χ1) is 9.83. The highest BCUT2D eigenvalue weighted by atomic mass is 16.5. The molecule has 102 valence electrons. The van der Waals surface area contributed by atoms with Crippen LogP contribution in [0, 0.1) is 5.41 Å². The molecule has 2 heterocycles. The number of ether oxygens (including phenoxy) is 1. The number of aromatic amines is 1. The van der Waals surface area contributed by atoms with Crippen LogP contribution in [0.3, 0.4) is 0 Å². The normalized spacial score (nSPS) is 22.7. The summed E-state index contributed by atoms with van der Waals surface area (Å²) in [6, 6.07) is 8.47. The molecule has 3 nitrogen and oxygen atoms in total. The Kier molecular flexibility index (Phi) is 2.74. The second-order valence-electron chi connectivity index (χ2n) is 5.66. The lowest BCUT2D eigenvalue weighted by molar-refractivity contribution is 0.0624. The molecule has 1 atom stereocenters. The van der Waals surface area contributed by atoms with Crippen molar-refractivity contribution in [3.63, 3.8) is 0 Å². The molecule has 0 amide bonds. The fourth-order valence-corrected chi connectivity index (χ4v) is 3.43. The molecule has 20 heavy (non-hydrogen) atoms. The first kappa shape index (κ1) is 11.9. The maximum atomic E-state index is 7.89. The summed E-state index contributed by atoms with van der Waals surface area (Å²) in [6.07, 6.45) is 6.03. The SMILES string of the molecule is N=C1C=C(C2OCCc3c2[nH]c2ccccc32)CCC1. The van der Waals surface area contributed by atoms with Gasteiger partial charge in [0, 0.05) is 16.6 Å². The van der Waals surface area contributed by atoms with E-state index in [-0.39, 0.29) is 6.10 Å². The standard InChI is InChI=1S/C17H18N2O/c18-12-5-3-4-11(10-12)17-16-14(8-9-20-17)13-6-1-2-7-15(13)19-16/h1-2,6-7,10,17-19H,3-5,8-9H2. The number of hydrogen-bond donors (Lipinski definition) is 2. The minimum absolute atomic E-state index is 0.0202. The summed E-state index contributed by atoms with van der Waals surface area (Å²) in [7, 11) is 0. The van der Waals surface area contributed by atoms with E-state index in [0.717, 1.165) is 38.0 Å². The number of nitrogens with one attached hydrogen (secondary N) is 2. The van der Waals surface area contributed by atoms with Gasteiger partial charge < -0.3 is 15.1 Å². The lowest BCUT2D eigenvalue weighted by Crippen LogP contribution is -2.19. The zero-order valence-electron chi connectivity index (χ0n) is 11.4. The Bertz CT molecular complexity index is 711. The molecule has 0 saturated carbocycles. The molecule has 0 radical (unpaired) electrons. The van der Waals surface area contributed by atoms with E-state index in [9.17, 15) is 0 Å². The molecule has 4 rings (SSSR count). The highest BCUT2D eigenvalue weighted by Crippen LogP contribution is 2.39. The number of H-pyrrole nitrogens is 1. The number of hydrogen-bond acceptors (Lipinski definition) is 2. The van der Waals surface area contributed by atoms with Crippen LogP contribution >= 0.6 is 0 Å². The highest BCUT2D eigenvalue weighted by molar-refractivity contribution is 5.94. The van der Waals surface area contributed by atoms with Crippen molar-refractivity contribution in [2.45, 2.75) is 31.8 Å². The molecule has 0 bridgehead atoms. The molecule has 0 spiro atoms. The Hall–Kier alpha value is -1.87. The van der Waals surface area contributed by atoms with E-state index < -0.39 is 0 Å². The third-order valence-corrected chi connectivity index (χ3v) is 4.35. The number of aromatic nitrogens is 1. The second kappa shape index (κ2) is 4.60. The van der Waals surface area contributed by atoms with Gasteiger partial charge in [-0.15, -0.1) is 0 Å². The van der Waals surface area contributed by atoms with E-state index in [1.54, 1.807) is 0 Å². The molecule has 2 aliphatic rings. The average Bonchev–Trinajstić information content (AvgIpc) is 2.86. The van der Waals surface area contributed by atoms with Crippen LogP contribution in [0.2, 0.25) is 0 Å². The van der Waals surface area contributed by atoms with Crippen LogP contribution in [0.15, 0.2) is 35.9 Å². The molecule has 0 fully saturated rings. The van der Waals surface area contributed by atoms with Crippen molar-refractivity contribution in [2.75, 3.05) is 6.61 Å². The van der Waals surface area contributed by atoms with Gasteiger partial charge in [0.2, 0.25) is 0 Å². The summed E-state index contributed by atoms with van der Waals surface area (Å²) in [4.78, 5) is 3.54. The number of benzene rings is 1. The summed E-state index contributed by atoms with van der Waals surface area (Å²) in [5.74, 6) is 0. The van der Waals surface area contributed by atoms with Crippen molar-refractivity contribution in [2.24, 2.45) is 0 Å². The van der Waals surface area contributed by atoms with Crippen LogP contribution < -0.4 is 0 Å². The quantitative estimate of drug-likeness (QED) is 0.807. The van der Waals surface area contributed by atoms with Crippen LogP contribution in [-0.4, -0.2) is 17.3 Å². The van der Waals surface area contributed by atoms with Gasteiger partial charge in [-0.05, 0) is 49.0 Å². The molecule has 2 N–H and O–H groups in total. The fourth-order valence-electron chi connectivity index (χ4n) is 3.43. The van der Waals surface area contributed by atoms with E-state index in [2.05, 4.69) is 29.2 Å². The summed E-state index contributed by atoms with van der Waals surface area (Å²) in [6.45, 7) is 0.768. The van der Waals surface area contributed by atoms with Gasteiger partial charge in [-0.2, -0.15) is 0 Å². The zero-order valence-corrected chi connectivity index (χ0v) is 11.4. The monoisotopic (exact) mass is 266 g/mol. The number of para-hydroxylation sites is 1. The van der Waals surface area contributed by atoms with Crippen LogP contribution in [0.25, 0.3) is 10.9 Å². The molecule has 1 aliphatic carbocycles. The van der Waals surface area contributed by atoms with E-state index in [0.29, 0.717) is 0 Å². The van der Waals surface area contributed by atoms with Crippen molar-refractivity contribution < 1.29 is 4.74 Å². The molecule has 1 aromatic carbocycles. The van der Waals surface area contributed by atoms with Gasteiger partial charge in [-0.25, -0.2) is 0 Å². The maximum absolute atomic E-state index is 7.89. The Labute approximate surface area is 118 Å². The van der Waals surface area contributed by atoms with Crippen LogP contribution in [0.1, 0.15) is 36.6 Å². The lowest BCUT2D eigenvalue weighted by atomic mass is 9.90. The summed E-state index contributed by atoms with van der Waals surface area (Å²) < 4.78 is 6.03. The average molecular weight is 266 g/mol. The van der Waals surface area contributed by atoms with Gasteiger partial charge in [0.15, 0.2) is 0 Å². The topological polar surface area (TPSA) is 48.9 Å². The Morgan fingerprint density at radius 1 is 1.15 bits per heavy atom. The van der Waals surface area contributed by atoms with Gasteiger partial charge in [0.1, 0.15) is 6.10 Å². The van der Waals surface area contributed by atoms with Crippen molar-refractivity contribution in [3.8, 4) is 0 Å². The Morgan fingerprint density at radius 3 is 2.95 bits per heavy atom. The summed E-state index contributed by atoms with van der Waals surface area (Å²) in [5.41, 5.74) is 5.79. The van der Waals surface area contributed by atoms with Gasteiger partial charge in [-0.3, -0.25) is 0 Å². The number of fused-ring (bicyclic) bond motifs is 3.